The molecule has 2 N–H and O–H groups in total. The number of carboxylic acids is 1. The van der Waals surface area contributed by atoms with Crippen LogP contribution in [0, 0.1) is 0 Å². The fraction of sp³-hybridized carbons (Fsp3) is 0.882. The minimum Gasteiger partial charge on any atom is -0.480 e. The molecular formula is C17H31NO4. The number of likely N-dealkylation sites (tertiary alicyclic amines) is 1. The zero-order chi connectivity index (χ0) is 16.4. The van der Waals surface area contributed by atoms with Gasteiger partial charge in [0.25, 0.3) is 0 Å². The lowest BCUT2D eigenvalue weighted by molar-refractivity contribution is -0.148. The van der Waals surface area contributed by atoms with Gasteiger partial charge in [-0.3, -0.25) is 4.79 Å². The number of carboxylic acid groups (broad SMARTS) is 1. The summed E-state index contributed by atoms with van der Waals surface area (Å²) in [6.45, 7) is 2.37. The molecule has 5 nitrogen and oxygen atoms in total. The average molecular weight is 313 g/mol. The molecule has 2 atom stereocenters. The van der Waals surface area contributed by atoms with E-state index in [2.05, 4.69) is 6.92 Å². The predicted molar refractivity (Wildman–Crippen MR) is 85.6 cm³/mol. The first-order chi connectivity index (χ1) is 10.6. The molecule has 0 bridgehead atoms. The summed E-state index contributed by atoms with van der Waals surface area (Å²) >= 11 is 0. The number of unbranched alkanes of at least 4 members (excludes halogenated alkanes) is 8. The van der Waals surface area contributed by atoms with Gasteiger partial charge in [0.15, 0.2) is 0 Å². The van der Waals surface area contributed by atoms with Crippen molar-refractivity contribution in [3.05, 3.63) is 0 Å². The highest BCUT2D eigenvalue weighted by atomic mass is 16.4. The smallest absolute Gasteiger partial charge is 0.326 e. The van der Waals surface area contributed by atoms with Crippen molar-refractivity contribution < 1.29 is 19.8 Å². The third kappa shape index (κ3) is 6.77. The summed E-state index contributed by atoms with van der Waals surface area (Å²) in [5.74, 6) is -1.15. The number of hydrogen-bond donors (Lipinski definition) is 2. The molecule has 1 aliphatic heterocycles. The first kappa shape index (κ1) is 18.9. The highest BCUT2D eigenvalue weighted by Crippen LogP contribution is 2.20. The fourth-order valence-electron chi connectivity index (χ4n) is 3.05. The molecule has 1 amide bonds. The summed E-state index contributed by atoms with van der Waals surface area (Å²) in [6.07, 6.45) is 10.5. The second-order valence-electron chi connectivity index (χ2n) is 6.37. The van der Waals surface area contributed by atoms with Gasteiger partial charge in [0, 0.05) is 19.4 Å². The number of amides is 1. The molecule has 1 unspecified atom stereocenters. The molecule has 0 aromatic rings. The van der Waals surface area contributed by atoms with Crippen LogP contribution >= 0.6 is 0 Å². The van der Waals surface area contributed by atoms with Gasteiger partial charge < -0.3 is 15.1 Å². The molecule has 0 spiro atoms. The summed E-state index contributed by atoms with van der Waals surface area (Å²) in [4.78, 5) is 24.5. The van der Waals surface area contributed by atoms with E-state index in [4.69, 9.17) is 5.11 Å². The molecule has 1 aliphatic rings. The maximum Gasteiger partial charge on any atom is 0.326 e. The molecule has 1 heterocycles. The number of aliphatic hydroxyl groups excluding tert-OH is 1. The van der Waals surface area contributed by atoms with Crippen molar-refractivity contribution in [3.8, 4) is 0 Å². The van der Waals surface area contributed by atoms with Crippen LogP contribution in [-0.2, 0) is 9.59 Å². The standard InChI is InChI=1S/C17H31NO4/c1-2-3-4-5-6-7-8-9-10-11-16(20)18-13-14(19)12-15(18)17(21)22/h14-15,19H,2-13H2,1H3,(H,21,22)/t14?,15-/m0/s1. The monoisotopic (exact) mass is 313 g/mol. The Bertz CT molecular complexity index is 346. The topological polar surface area (TPSA) is 77.8 Å². The van der Waals surface area contributed by atoms with E-state index in [1.807, 2.05) is 0 Å². The van der Waals surface area contributed by atoms with Gasteiger partial charge in [0.1, 0.15) is 6.04 Å². The SMILES string of the molecule is CCCCCCCCCCCC(=O)N1CC(O)C[C@H]1C(=O)O. The first-order valence-corrected chi connectivity index (χ1v) is 8.76. The van der Waals surface area contributed by atoms with Crippen molar-refractivity contribution in [1.29, 1.82) is 0 Å². The van der Waals surface area contributed by atoms with Gasteiger partial charge >= 0.3 is 5.97 Å². The summed E-state index contributed by atoms with van der Waals surface area (Å²) in [5.41, 5.74) is 0. The van der Waals surface area contributed by atoms with E-state index in [1.54, 1.807) is 0 Å². The highest BCUT2D eigenvalue weighted by molar-refractivity contribution is 5.84. The van der Waals surface area contributed by atoms with E-state index in [0.29, 0.717) is 6.42 Å². The summed E-state index contributed by atoms with van der Waals surface area (Å²) < 4.78 is 0. The Labute approximate surface area is 133 Å². The zero-order valence-electron chi connectivity index (χ0n) is 13.8. The number of aliphatic carboxylic acids is 1. The minimum absolute atomic E-state index is 0.133. The van der Waals surface area contributed by atoms with Crippen LogP contribution in [0.1, 0.15) is 77.6 Å². The van der Waals surface area contributed by atoms with E-state index >= 15 is 0 Å². The van der Waals surface area contributed by atoms with Gasteiger partial charge in [0.05, 0.1) is 6.10 Å². The van der Waals surface area contributed by atoms with Crippen molar-refractivity contribution >= 4 is 11.9 Å². The Morgan fingerprint density at radius 3 is 2.09 bits per heavy atom. The predicted octanol–water partition coefficient (Wildman–Crippen LogP) is 2.95. The maximum atomic E-state index is 12.1. The van der Waals surface area contributed by atoms with Crippen molar-refractivity contribution in [2.45, 2.75) is 89.7 Å². The summed E-state index contributed by atoms with van der Waals surface area (Å²) in [5, 5.41) is 18.6. The number of aliphatic hydroxyl groups is 1. The first-order valence-electron chi connectivity index (χ1n) is 8.76. The van der Waals surface area contributed by atoms with Gasteiger partial charge in [-0.15, -0.1) is 0 Å². The lowest BCUT2D eigenvalue weighted by Gasteiger charge is -2.21. The van der Waals surface area contributed by atoms with Gasteiger partial charge in [0.2, 0.25) is 5.91 Å². The fourth-order valence-corrected chi connectivity index (χ4v) is 3.05. The van der Waals surface area contributed by atoms with Gasteiger partial charge in [-0.2, -0.15) is 0 Å². The molecule has 0 aromatic carbocycles. The lowest BCUT2D eigenvalue weighted by Crippen LogP contribution is -2.40. The van der Waals surface area contributed by atoms with Gasteiger partial charge in [-0.25, -0.2) is 4.79 Å². The molecule has 22 heavy (non-hydrogen) atoms. The Morgan fingerprint density at radius 1 is 1.00 bits per heavy atom. The highest BCUT2D eigenvalue weighted by Gasteiger charge is 2.38. The third-order valence-electron chi connectivity index (χ3n) is 4.38. The van der Waals surface area contributed by atoms with Gasteiger partial charge in [-0.05, 0) is 6.42 Å². The minimum atomic E-state index is -1.02. The summed E-state index contributed by atoms with van der Waals surface area (Å²) in [7, 11) is 0. The van der Waals surface area contributed by atoms with Crippen LogP contribution in [0.4, 0.5) is 0 Å². The number of carbonyl (C=O) groups excluding carboxylic acids is 1. The van der Waals surface area contributed by atoms with Crippen LogP contribution < -0.4 is 0 Å². The van der Waals surface area contributed by atoms with E-state index in [1.165, 1.54) is 43.4 Å². The Hall–Kier alpha value is -1.10. The summed E-state index contributed by atoms with van der Waals surface area (Å²) in [6, 6.07) is -0.846. The van der Waals surface area contributed by atoms with Crippen molar-refractivity contribution in [2.75, 3.05) is 6.54 Å². The Morgan fingerprint density at radius 2 is 1.55 bits per heavy atom. The molecular weight excluding hydrogens is 282 g/mol. The van der Waals surface area contributed by atoms with E-state index < -0.39 is 18.1 Å². The lowest BCUT2D eigenvalue weighted by atomic mass is 10.1. The number of hydrogen-bond acceptors (Lipinski definition) is 3. The van der Waals surface area contributed by atoms with E-state index in [9.17, 15) is 14.7 Å². The Balaban J connectivity index is 2.09. The maximum absolute atomic E-state index is 12.1. The zero-order valence-corrected chi connectivity index (χ0v) is 13.8. The Kier molecular flexibility index (Phi) is 9.13. The second kappa shape index (κ2) is 10.6. The largest absolute Gasteiger partial charge is 0.480 e. The van der Waals surface area contributed by atoms with Crippen LogP contribution in [0.5, 0.6) is 0 Å². The molecule has 5 heteroatoms. The molecule has 0 saturated carbocycles. The van der Waals surface area contributed by atoms with Crippen molar-refractivity contribution in [1.82, 2.24) is 4.90 Å². The number of β-amino-alcohol motifs (C(OH)–C–C–N with tert-alkyl or cyclic N) is 1. The number of nitrogens with zero attached hydrogens (tertiary/aromatic N) is 1. The van der Waals surface area contributed by atoms with Crippen molar-refractivity contribution in [3.63, 3.8) is 0 Å². The molecule has 1 rings (SSSR count). The molecule has 1 saturated heterocycles. The van der Waals surface area contributed by atoms with E-state index in [-0.39, 0.29) is 18.9 Å². The molecule has 0 radical (unpaired) electrons. The van der Waals surface area contributed by atoms with Crippen molar-refractivity contribution in [2.24, 2.45) is 0 Å². The van der Waals surface area contributed by atoms with Crippen LogP contribution in [0.2, 0.25) is 0 Å². The average Bonchev–Trinajstić information content (AvgIpc) is 2.87. The number of rotatable bonds is 11. The molecule has 1 fully saturated rings. The molecule has 0 aliphatic carbocycles. The van der Waals surface area contributed by atoms with Crippen LogP contribution in [-0.4, -0.2) is 45.7 Å². The quantitative estimate of drug-likeness (QED) is 0.575. The second-order valence-corrected chi connectivity index (χ2v) is 6.37. The van der Waals surface area contributed by atoms with Crippen LogP contribution in [0.25, 0.3) is 0 Å². The third-order valence-corrected chi connectivity index (χ3v) is 4.38. The number of carbonyl (C=O) groups is 2. The molecule has 0 aromatic heterocycles. The van der Waals surface area contributed by atoms with Crippen LogP contribution in [0.3, 0.4) is 0 Å². The molecule has 128 valence electrons. The van der Waals surface area contributed by atoms with E-state index in [0.717, 1.165) is 19.3 Å². The van der Waals surface area contributed by atoms with Crippen LogP contribution in [0.15, 0.2) is 0 Å². The normalized spacial score (nSPS) is 21.3. The van der Waals surface area contributed by atoms with Gasteiger partial charge in [-0.1, -0.05) is 58.3 Å².